The molecule has 0 bridgehead atoms. The van der Waals surface area contributed by atoms with Gasteiger partial charge in [0.05, 0.1) is 30.6 Å². The number of hydrogen-bond donors (Lipinski definition) is 0. The Hall–Kier alpha value is -0.950. The van der Waals surface area contributed by atoms with Gasteiger partial charge >= 0.3 is 0 Å². The highest BCUT2D eigenvalue weighted by atomic mass is 35.5. The summed E-state index contributed by atoms with van der Waals surface area (Å²) in [7, 11) is 2.06. The largest absolute Gasteiger partial charge is 0.350 e. The zero-order chi connectivity index (χ0) is 15.4. The van der Waals surface area contributed by atoms with E-state index < -0.39 is 0 Å². The van der Waals surface area contributed by atoms with Gasteiger partial charge < -0.3 is 19.3 Å². The monoisotopic (exact) mass is 326 g/mol. The molecule has 0 spiro atoms. The number of hydrogen-bond acceptors (Lipinski definition) is 6. The average molecular weight is 327 g/mol. The van der Waals surface area contributed by atoms with Gasteiger partial charge in [0.1, 0.15) is 0 Å². The van der Waals surface area contributed by atoms with E-state index >= 15 is 0 Å². The normalized spacial score (nSPS) is 21.4. The van der Waals surface area contributed by atoms with Crippen LogP contribution in [0.15, 0.2) is 12.4 Å². The second-order valence-corrected chi connectivity index (χ2v) is 6.28. The highest BCUT2D eigenvalue weighted by Crippen LogP contribution is 2.20. The second kappa shape index (κ2) is 7.55. The molecule has 3 heterocycles. The maximum Gasteiger partial charge on any atom is 0.225 e. The predicted molar refractivity (Wildman–Crippen MR) is 85.2 cm³/mol. The van der Waals surface area contributed by atoms with Gasteiger partial charge in [0, 0.05) is 39.1 Å². The Morgan fingerprint density at radius 1 is 1.23 bits per heavy atom. The van der Waals surface area contributed by atoms with Crippen LogP contribution in [0.1, 0.15) is 19.3 Å². The Balaban J connectivity index is 1.43. The van der Waals surface area contributed by atoms with Crippen LogP contribution < -0.4 is 4.90 Å². The number of nitrogens with zero attached hydrogens (tertiary/aromatic N) is 4. The van der Waals surface area contributed by atoms with Gasteiger partial charge in [0.15, 0.2) is 6.29 Å². The van der Waals surface area contributed by atoms with Crippen LogP contribution >= 0.6 is 11.6 Å². The number of anilines is 1. The van der Waals surface area contributed by atoms with Crippen molar-refractivity contribution < 1.29 is 9.47 Å². The van der Waals surface area contributed by atoms with Crippen LogP contribution in [0.3, 0.4) is 0 Å². The third-order valence-corrected chi connectivity index (χ3v) is 4.59. The van der Waals surface area contributed by atoms with E-state index in [0.29, 0.717) is 11.1 Å². The Labute approximate surface area is 136 Å². The van der Waals surface area contributed by atoms with E-state index in [-0.39, 0.29) is 6.29 Å². The van der Waals surface area contributed by atoms with E-state index in [2.05, 4.69) is 26.8 Å². The third kappa shape index (κ3) is 4.07. The van der Waals surface area contributed by atoms with Gasteiger partial charge in [0.2, 0.25) is 5.95 Å². The molecule has 2 aliphatic heterocycles. The molecule has 0 unspecified atom stereocenters. The van der Waals surface area contributed by atoms with Crippen molar-refractivity contribution >= 4 is 17.5 Å². The van der Waals surface area contributed by atoms with Crippen LogP contribution in [-0.2, 0) is 9.47 Å². The van der Waals surface area contributed by atoms with E-state index in [0.717, 1.165) is 58.1 Å². The molecule has 122 valence electrons. The highest BCUT2D eigenvalue weighted by Gasteiger charge is 2.25. The number of aromatic nitrogens is 2. The first-order valence-corrected chi connectivity index (χ1v) is 8.26. The van der Waals surface area contributed by atoms with Crippen LogP contribution in [0.25, 0.3) is 0 Å². The average Bonchev–Trinajstić information content (AvgIpc) is 3.07. The van der Waals surface area contributed by atoms with Crippen LogP contribution in [0.5, 0.6) is 0 Å². The lowest BCUT2D eigenvalue weighted by molar-refractivity contribution is -0.0523. The summed E-state index contributed by atoms with van der Waals surface area (Å²) in [4.78, 5) is 13.2. The van der Waals surface area contributed by atoms with Gasteiger partial charge in [-0.15, -0.1) is 0 Å². The molecular formula is C15H23ClN4O2. The number of ether oxygens (including phenoxy) is 2. The molecule has 2 aliphatic rings. The van der Waals surface area contributed by atoms with Gasteiger partial charge in [-0.3, -0.25) is 0 Å². The van der Waals surface area contributed by atoms with Gasteiger partial charge in [-0.2, -0.15) is 0 Å². The molecule has 0 aromatic carbocycles. The maximum atomic E-state index is 5.84. The molecule has 22 heavy (non-hydrogen) atoms. The summed E-state index contributed by atoms with van der Waals surface area (Å²) >= 11 is 5.84. The number of likely N-dealkylation sites (tertiary alicyclic amines) is 1. The lowest BCUT2D eigenvalue weighted by Crippen LogP contribution is -2.44. The minimum atomic E-state index is 0.00265. The zero-order valence-corrected chi connectivity index (χ0v) is 13.7. The number of piperidine rings is 1. The van der Waals surface area contributed by atoms with Crippen molar-refractivity contribution in [3.63, 3.8) is 0 Å². The van der Waals surface area contributed by atoms with Crippen molar-refractivity contribution in [3.05, 3.63) is 17.4 Å². The summed E-state index contributed by atoms with van der Waals surface area (Å²) < 4.78 is 11.0. The minimum Gasteiger partial charge on any atom is -0.350 e. The minimum absolute atomic E-state index is 0.00265. The first kappa shape index (κ1) is 15.9. The molecule has 3 rings (SSSR count). The molecule has 0 radical (unpaired) electrons. The van der Waals surface area contributed by atoms with Crippen molar-refractivity contribution in [2.24, 2.45) is 0 Å². The molecular weight excluding hydrogens is 304 g/mol. The molecule has 0 atom stereocenters. The van der Waals surface area contributed by atoms with Crippen LogP contribution in [0.2, 0.25) is 5.02 Å². The molecule has 0 N–H and O–H groups in total. The van der Waals surface area contributed by atoms with Crippen molar-refractivity contribution in [2.45, 2.75) is 31.6 Å². The fraction of sp³-hybridized carbons (Fsp3) is 0.733. The van der Waals surface area contributed by atoms with E-state index in [4.69, 9.17) is 21.1 Å². The van der Waals surface area contributed by atoms with Gasteiger partial charge in [0.25, 0.3) is 0 Å². The van der Waals surface area contributed by atoms with Gasteiger partial charge in [-0.1, -0.05) is 11.6 Å². The zero-order valence-electron chi connectivity index (χ0n) is 12.9. The van der Waals surface area contributed by atoms with E-state index in [1.54, 1.807) is 12.4 Å². The van der Waals surface area contributed by atoms with Crippen LogP contribution in [0, 0.1) is 0 Å². The molecule has 0 aliphatic carbocycles. The summed E-state index contributed by atoms with van der Waals surface area (Å²) in [5, 5.41) is 0.573. The third-order valence-electron chi connectivity index (χ3n) is 4.40. The fourth-order valence-corrected chi connectivity index (χ4v) is 3.14. The smallest absolute Gasteiger partial charge is 0.225 e. The van der Waals surface area contributed by atoms with Crippen molar-refractivity contribution in [1.82, 2.24) is 14.9 Å². The van der Waals surface area contributed by atoms with Crippen molar-refractivity contribution in [1.29, 1.82) is 0 Å². The Kier molecular flexibility index (Phi) is 5.46. The molecule has 0 amide bonds. The van der Waals surface area contributed by atoms with Crippen molar-refractivity contribution in [2.75, 3.05) is 44.8 Å². The first-order chi connectivity index (χ1) is 10.7. The maximum absolute atomic E-state index is 5.84. The Bertz CT molecular complexity index is 459. The number of halogens is 1. The Morgan fingerprint density at radius 3 is 2.50 bits per heavy atom. The van der Waals surface area contributed by atoms with E-state index in [1.807, 2.05) is 0 Å². The quantitative estimate of drug-likeness (QED) is 0.822. The van der Waals surface area contributed by atoms with Gasteiger partial charge in [-0.05, 0) is 12.8 Å². The molecule has 2 fully saturated rings. The Morgan fingerprint density at radius 2 is 1.86 bits per heavy atom. The molecule has 0 saturated carbocycles. The molecule has 1 aromatic heterocycles. The van der Waals surface area contributed by atoms with E-state index in [9.17, 15) is 0 Å². The fourth-order valence-electron chi connectivity index (χ4n) is 3.04. The standard InChI is InChI=1S/C15H23ClN4O2/c1-19(15-17-10-12(16)11-18-15)13-2-5-20(6-3-13)7-4-14-21-8-9-22-14/h10-11,13-14H,2-9H2,1H3. The first-order valence-electron chi connectivity index (χ1n) is 7.88. The van der Waals surface area contributed by atoms with Crippen molar-refractivity contribution in [3.8, 4) is 0 Å². The van der Waals surface area contributed by atoms with Crippen LogP contribution in [-0.4, -0.2) is 67.1 Å². The summed E-state index contributed by atoms with van der Waals surface area (Å²) in [6, 6.07) is 0.483. The lowest BCUT2D eigenvalue weighted by Gasteiger charge is -2.36. The highest BCUT2D eigenvalue weighted by molar-refractivity contribution is 6.30. The molecule has 2 saturated heterocycles. The topological polar surface area (TPSA) is 50.7 Å². The summed E-state index contributed by atoms with van der Waals surface area (Å²) in [6.07, 6.45) is 6.50. The summed E-state index contributed by atoms with van der Waals surface area (Å²) in [5.74, 6) is 0.746. The SMILES string of the molecule is CN(c1ncc(Cl)cn1)C1CCN(CCC2OCCO2)CC1. The second-order valence-electron chi connectivity index (χ2n) is 5.84. The molecule has 6 nitrogen and oxygen atoms in total. The summed E-state index contributed by atoms with van der Waals surface area (Å²) in [6.45, 7) is 4.69. The van der Waals surface area contributed by atoms with E-state index in [1.165, 1.54) is 0 Å². The molecule has 1 aromatic rings. The predicted octanol–water partition coefficient (Wildman–Crippen LogP) is 1.79. The van der Waals surface area contributed by atoms with Gasteiger partial charge in [-0.25, -0.2) is 9.97 Å². The molecule has 7 heteroatoms. The summed E-state index contributed by atoms with van der Waals surface area (Å²) in [5.41, 5.74) is 0. The lowest BCUT2D eigenvalue weighted by atomic mass is 10.0. The van der Waals surface area contributed by atoms with Crippen LogP contribution in [0.4, 0.5) is 5.95 Å². The number of rotatable bonds is 5.